The van der Waals surface area contributed by atoms with Crippen LogP contribution in [-0.2, 0) is 16.6 Å². The lowest BCUT2D eigenvalue weighted by Gasteiger charge is -2.26. The number of rotatable bonds is 6. The Morgan fingerprint density at radius 1 is 1.10 bits per heavy atom. The van der Waals surface area contributed by atoms with Crippen LogP contribution in [0.4, 0.5) is 0 Å². The summed E-state index contributed by atoms with van der Waals surface area (Å²) in [5, 5.41) is 10.4. The molecule has 0 aliphatic carbocycles. The smallest absolute Gasteiger partial charge is 0.0859 e. The first-order valence-electron chi connectivity index (χ1n) is 7.64. The molecule has 0 radical (unpaired) electrons. The van der Waals surface area contributed by atoms with Gasteiger partial charge in [0.15, 0.2) is 0 Å². The molecule has 0 spiro atoms. The zero-order chi connectivity index (χ0) is 15.3. The number of benzene rings is 1. The van der Waals surface area contributed by atoms with Crippen LogP contribution < -0.4 is 0 Å². The Morgan fingerprint density at radius 3 is 2.05 bits per heavy atom. The van der Waals surface area contributed by atoms with Crippen LogP contribution in [0.15, 0.2) is 24.3 Å². The van der Waals surface area contributed by atoms with E-state index < -0.39 is 6.10 Å². The van der Waals surface area contributed by atoms with E-state index in [9.17, 15) is 5.11 Å². The third-order valence-corrected chi connectivity index (χ3v) is 3.66. The molecule has 0 amide bonds. The standard InChI is InChI=1S/C18H30O2/c1-7-20-17(13(2)3)16(19)12-14-8-10-15(11-9-14)18(4,5)6/h8-11,13,16-17,19H,7,12H2,1-6H3. The van der Waals surface area contributed by atoms with Crippen LogP contribution in [0.25, 0.3) is 0 Å². The molecule has 1 N–H and O–H groups in total. The molecular weight excluding hydrogens is 248 g/mol. The summed E-state index contributed by atoms with van der Waals surface area (Å²) < 4.78 is 5.67. The van der Waals surface area contributed by atoms with Gasteiger partial charge in [0.25, 0.3) is 0 Å². The Hall–Kier alpha value is -0.860. The Bertz CT molecular complexity index is 387. The van der Waals surface area contributed by atoms with E-state index in [4.69, 9.17) is 4.74 Å². The largest absolute Gasteiger partial charge is 0.390 e. The Labute approximate surface area is 124 Å². The van der Waals surface area contributed by atoms with Gasteiger partial charge in [-0.3, -0.25) is 0 Å². The van der Waals surface area contributed by atoms with Crippen LogP contribution in [0.3, 0.4) is 0 Å². The van der Waals surface area contributed by atoms with Gasteiger partial charge in [-0.2, -0.15) is 0 Å². The van der Waals surface area contributed by atoms with Gasteiger partial charge in [-0.1, -0.05) is 58.9 Å². The maximum Gasteiger partial charge on any atom is 0.0859 e. The predicted octanol–water partition coefficient (Wildman–Crippen LogP) is 3.95. The molecule has 0 heterocycles. The summed E-state index contributed by atoms with van der Waals surface area (Å²) in [4.78, 5) is 0. The van der Waals surface area contributed by atoms with Gasteiger partial charge < -0.3 is 9.84 Å². The topological polar surface area (TPSA) is 29.5 Å². The van der Waals surface area contributed by atoms with Gasteiger partial charge in [0.2, 0.25) is 0 Å². The molecule has 0 bridgehead atoms. The van der Waals surface area contributed by atoms with E-state index in [1.54, 1.807) is 0 Å². The fourth-order valence-corrected chi connectivity index (χ4v) is 2.44. The first-order valence-corrected chi connectivity index (χ1v) is 7.64. The molecule has 0 saturated carbocycles. The number of ether oxygens (including phenoxy) is 1. The average molecular weight is 278 g/mol. The monoisotopic (exact) mass is 278 g/mol. The highest BCUT2D eigenvalue weighted by molar-refractivity contribution is 5.27. The summed E-state index contributed by atoms with van der Waals surface area (Å²) >= 11 is 0. The Kier molecular flexibility index (Phi) is 6.22. The number of aliphatic hydroxyl groups excluding tert-OH is 1. The SMILES string of the molecule is CCOC(C(C)C)C(O)Cc1ccc(C(C)(C)C)cc1. The third kappa shape index (κ3) is 4.92. The number of hydrogen-bond donors (Lipinski definition) is 1. The Morgan fingerprint density at radius 2 is 1.65 bits per heavy atom. The van der Waals surface area contributed by atoms with Crippen molar-refractivity contribution in [3.8, 4) is 0 Å². The van der Waals surface area contributed by atoms with Crippen molar-refractivity contribution in [1.82, 2.24) is 0 Å². The first-order chi connectivity index (χ1) is 9.25. The molecule has 2 heteroatoms. The van der Waals surface area contributed by atoms with Gasteiger partial charge in [-0.05, 0) is 29.4 Å². The summed E-state index contributed by atoms with van der Waals surface area (Å²) in [5.74, 6) is 0.318. The highest BCUT2D eigenvalue weighted by Crippen LogP contribution is 2.23. The fraction of sp³-hybridized carbons (Fsp3) is 0.667. The minimum Gasteiger partial charge on any atom is -0.390 e. The molecule has 2 atom stereocenters. The quantitative estimate of drug-likeness (QED) is 0.854. The second-order valence-electron chi connectivity index (χ2n) is 6.88. The summed E-state index contributed by atoms with van der Waals surface area (Å²) in [5.41, 5.74) is 2.65. The number of aliphatic hydroxyl groups is 1. The Balaban J connectivity index is 2.72. The molecular formula is C18H30O2. The van der Waals surface area contributed by atoms with Crippen LogP contribution in [-0.4, -0.2) is 23.9 Å². The summed E-state index contributed by atoms with van der Waals surface area (Å²) in [6, 6.07) is 8.56. The van der Waals surface area contributed by atoms with Crippen LogP contribution in [0.2, 0.25) is 0 Å². The van der Waals surface area contributed by atoms with Crippen molar-refractivity contribution < 1.29 is 9.84 Å². The normalized spacial score (nSPS) is 15.4. The summed E-state index contributed by atoms with van der Waals surface area (Å²) in [6.07, 6.45) is 0.102. The number of hydrogen-bond acceptors (Lipinski definition) is 2. The molecule has 20 heavy (non-hydrogen) atoms. The maximum atomic E-state index is 10.4. The lowest BCUT2D eigenvalue weighted by atomic mass is 9.86. The van der Waals surface area contributed by atoms with Crippen LogP contribution in [0, 0.1) is 5.92 Å². The second kappa shape index (κ2) is 7.24. The summed E-state index contributed by atoms with van der Waals surface area (Å²) in [6.45, 7) is 13.4. The summed E-state index contributed by atoms with van der Waals surface area (Å²) in [7, 11) is 0. The van der Waals surface area contributed by atoms with Gasteiger partial charge in [-0.15, -0.1) is 0 Å². The van der Waals surface area contributed by atoms with E-state index in [0.717, 1.165) is 5.56 Å². The molecule has 0 aromatic heterocycles. The maximum absolute atomic E-state index is 10.4. The minimum atomic E-state index is -0.449. The molecule has 0 aliphatic rings. The van der Waals surface area contributed by atoms with Crippen molar-refractivity contribution in [2.75, 3.05) is 6.61 Å². The van der Waals surface area contributed by atoms with Crippen LogP contribution in [0.1, 0.15) is 52.7 Å². The molecule has 0 aliphatic heterocycles. The van der Waals surface area contributed by atoms with Crippen molar-refractivity contribution in [2.45, 2.75) is 65.6 Å². The molecule has 114 valence electrons. The van der Waals surface area contributed by atoms with E-state index in [0.29, 0.717) is 18.9 Å². The fourth-order valence-electron chi connectivity index (χ4n) is 2.44. The van der Waals surface area contributed by atoms with Crippen molar-refractivity contribution in [1.29, 1.82) is 0 Å². The minimum absolute atomic E-state index is 0.0951. The molecule has 2 nitrogen and oxygen atoms in total. The van der Waals surface area contributed by atoms with E-state index in [2.05, 4.69) is 58.9 Å². The highest BCUT2D eigenvalue weighted by atomic mass is 16.5. The van der Waals surface area contributed by atoms with Crippen molar-refractivity contribution in [2.24, 2.45) is 5.92 Å². The predicted molar refractivity (Wildman–Crippen MR) is 85.1 cm³/mol. The molecule has 0 saturated heterocycles. The molecule has 1 rings (SSSR count). The molecule has 1 aromatic rings. The van der Waals surface area contributed by atoms with Gasteiger partial charge in [0.1, 0.15) is 0 Å². The molecule has 0 fully saturated rings. The van der Waals surface area contributed by atoms with E-state index in [1.807, 2.05) is 6.92 Å². The lowest BCUT2D eigenvalue weighted by Crippen LogP contribution is -2.35. The van der Waals surface area contributed by atoms with Gasteiger partial charge in [0.05, 0.1) is 12.2 Å². The first kappa shape index (κ1) is 17.2. The van der Waals surface area contributed by atoms with Gasteiger partial charge >= 0.3 is 0 Å². The van der Waals surface area contributed by atoms with E-state index >= 15 is 0 Å². The zero-order valence-electron chi connectivity index (χ0n) is 13.8. The second-order valence-corrected chi connectivity index (χ2v) is 6.88. The highest BCUT2D eigenvalue weighted by Gasteiger charge is 2.23. The van der Waals surface area contributed by atoms with Crippen molar-refractivity contribution in [3.63, 3.8) is 0 Å². The van der Waals surface area contributed by atoms with Gasteiger partial charge in [0, 0.05) is 13.0 Å². The van der Waals surface area contributed by atoms with E-state index in [-0.39, 0.29) is 11.5 Å². The van der Waals surface area contributed by atoms with Crippen molar-refractivity contribution >= 4 is 0 Å². The van der Waals surface area contributed by atoms with Crippen molar-refractivity contribution in [3.05, 3.63) is 35.4 Å². The lowest BCUT2D eigenvalue weighted by molar-refractivity contribution is -0.0562. The third-order valence-electron chi connectivity index (χ3n) is 3.66. The van der Waals surface area contributed by atoms with E-state index in [1.165, 1.54) is 5.56 Å². The molecule has 1 aromatic carbocycles. The van der Waals surface area contributed by atoms with Gasteiger partial charge in [-0.25, -0.2) is 0 Å². The average Bonchev–Trinajstić information content (AvgIpc) is 2.34. The van der Waals surface area contributed by atoms with Crippen LogP contribution >= 0.6 is 0 Å². The molecule has 2 unspecified atom stereocenters. The van der Waals surface area contributed by atoms with Crippen LogP contribution in [0.5, 0.6) is 0 Å². The zero-order valence-corrected chi connectivity index (χ0v) is 13.8.